The molecule has 0 fully saturated rings. The first kappa shape index (κ1) is 14.2. The Morgan fingerprint density at radius 2 is 1.95 bits per heavy atom. The van der Waals surface area contributed by atoms with Gasteiger partial charge in [0.1, 0.15) is 0 Å². The lowest BCUT2D eigenvalue weighted by Crippen LogP contribution is -2.03. The second kappa shape index (κ2) is 6.84. The van der Waals surface area contributed by atoms with Gasteiger partial charge >= 0.3 is 5.97 Å². The zero-order valence-corrected chi connectivity index (χ0v) is 11.6. The van der Waals surface area contributed by atoms with Crippen LogP contribution in [-0.4, -0.2) is 26.1 Å². The van der Waals surface area contributed by atoms with Crippen molar-refractivity contribution in [2.45, 2.75) is 39.0 Å². The van der Waals surface area contributed by atoms with E-state index >= 15 is 0 Å². The number of unbranched alkanes of at least 4 members (excludes halogenated alkanes) is 2. The highest BCUT2D eigenvalue weighted by molar-refractivity contribution is 5.66. The molecule has 5 nitrogen and oxygen atoms in total. The van der Waals surface area contributed by atoms with Gasteiger partial charge in [0, 0.05) is 6.42 Å². The highest BCUT2D eigenvalue weighted by Gasteiger charge is 2.10. The molecular weight excluding hydrogens is 254 g/mol. The van der Waals surface area contributed by atoms with Gasteiger partial charge in [-0.2, -0.15) is 0 Å². The summed E-state index contributed by atoms with van der Waals surface area (Å²) in [6.07, 6.45) is 3.70. The van der Waals surface area contributed by atoms with Crippen LogP contribution in [0.1, 0.15) is 37.1 Å². The van der Waals surface area contributed by atoms with E-state index in [-0.39, 0.29) is 6.42 Å². The molecule has 20 heavy (non-hydrogen) atoms. The number of hydrogen-bond acceptors (Lipinski definition) is 3. The average molecular weight is 273 g/mol. The predicted molar refractivity (Wildman–Crippen MR) is 75.9 cm³/mol. The zero-order valence-electron chi connectivity index (χ0n) is 11.6. The molecule has 0 saturated heterocycles. The second-order valence-electron chi connectivity index (χ2n) is 4.82. The first-order valence-electron chi connectivity index (χ1n) is 6.87. The van der Waals surface area contributed by atoms with Crippen molar-refractivity contribution in [3.05, 3.63) is 41.7 Å². The van der Waals surface area contributed by atoms with Gasteiger partial charge in [-0.15, -0.1) is 5.10 Å². The number of carboxylic acid groups (broad SMARTS) is 1. The highest BCUT2D eigenvalue weighted by atomic mass is 16.4. The van der Waals surface area contributed by atoms with Crippen molar-refractivity contribution in [1.29, 1.82) is 0 Å². The maximum Gasteiger partial charge on any atom is 0.303 e. The van der Waals surface area contributed by atoms with Crippen LogP contribution in [-0.2, 0) is 11.2 Å². The van der Waals surface area contributed by atoms with Crippen molar-refractivity contribution in [2.75, 3.05) is 0 Å². The molecule has 1 aromatic heterocycles. The molecule has 5 heteroatoms. The number of para-hydroxylation sites is 1. The Hall–Kier alpha value is -2.17. The molecule has 1 N–H and O–H groups in total. The van der Waals surface area contributed by atoms with Crippen molar-refractivity contribution in [3.63, 3.8) is 0 Å². The molecular formula is C15H19N3O2. The van der Waals surface area contributed by atoms with Gasteiger partial charge in [-0.25, -0.2) is 4.68 Å². The van der Waals surface area contributed by atoms with Crippen LogP contribution in [0.25, 0.3) is 5.69 Å². The number of hydrogen-bond donors (Lipinski definition) is 1. The molecule has 2 aromatic rings. The lowest BCUT2D eigenvalue weighted by atomic mass is 10.1. The van der Waals surface area contributed by atoms with E-state index in [1.165, 1.54) is 0 Å². The SMILES string of the molecule is Cc1nnn(-c2ccccc2)c1CCCCCC(=O)O. The lowest BCUT2D eigenvalue weighted by molar-refractivity contribution is -0.137. The Morgan fingerprint density at radius 1 is 1.20 bits per heavy atom. The summed E-state index contributed by atoms with van der Waals surface area (Å²) in [7, 11) is 0. The van der Waals surface area contributed by atoms with Crippen LogP contribution in [0.4, 0.5) is 0 Å². The number of nitrogens with zero attached hydrogens (tertiary/aromatic N) is 3. The molecule has 106 valence electrons. The van der Waals surface area contributed by atoms with E-state index < -0.39 is 5.97 Å². The van der Waals surface area contributed by atoms with Crippen LogP contribution >= 0.6 is 0 Å². The first-order valence-corrected chi connectivity index (χ1v) is 6.87. The Morgan fingerprint density at radius 3 is 2.65 bits per heavy atom. The Bertz CT molecular complexity index is 564. The molecule has 1 heterocycles. The molecule has 0 aliphatic carbocycles. The number of benzene rings is 1. The summed E-state index contributed by atoms with van der Waals surface area (Å²) in [4.78, 5) is 10.5. The Kier molecular flexibility index (Phi) is 4.87. The quantitative estimate of drug-likeness (QED) is 0.788. The van der Waals surface area contributed by atoms with Gasteiger partial charge in [-0.05, 0) is 38.3 Å². The molecule has 0 saturated carbocycles. The molecule has 2 rings (SSSR count). The van der Waals surface area contributed by atoms with Crippen molar-refractivity contribution < 1.29 is 9.90 Å². The minimum absolute atomic E-state index is 0.245. The minimum Gasteiger partial charge on any atom is -0.481 e. The van der Waals surface area contributed by atoms with Crippen LogP contribution in [0, 0.1) is 6.92 Å². The third-order valence-electron chi connectivity index (χ3n) is 3.26. The average Bonchev–Trinajstić information content (AvgIpc) is 2.80. The largest absolute Gasteiger partial charge is 0.481 e. The monoisotopic (exact) mass is 273 g/mol. The van der Waals surface area contributed by atoms with Crippen molar-refractivity contribution in [2.24, 2.45) is 0 Å². The normalized spacial score (nSPS) is 10.7. The minimum atomic E-state index is -0.725. The molecule has 1 aromatic carbocycles. The van der Waals surface area contributed by atoms with Crippen LogP contribution in [0.15, 0.2) is 30.3 Å². The van der Waals surface area contributed by atoms with E-state index in [1.807, 2.05) is 41.9 Å². The standard InChI is InChI=1S/C15H19N3O2/c1-12-14(10-6-3-7-11-15(19)20)18(17-16-12)13-8-4-2-5-9-13/h2,4-5,8-9H,3,6-7,10-11H2,1H3,(H,19,20). The van der Waals surface area contributed by atoms with Crippen LogP contribution in [0.3, 0.4) is 0 Å². The number of aromatic nitrogens is 3. The van der Waals surface area contributed by atoms with Gasteiger partial charge in [0.05, 0.1) is 17.1 Å². The molecule has 0 radical (unpaired) electrons. The number of aryl methyl sites for hydroxylation is 1. The topological polar surface area (TPSA) is 68.0 Å². The van der Waals surface area contributed by atoms with E-state index in [2.05, 4.69) is 10.3 Å². The second-order valence-corrected chi connectivity index (χ2v) is 4.82. The Balaban J connectivity index is 1.98. The van der Waals surface area contributed by atoms with Gasteiger partial charge in [-0.1, -0.05) is 29.8 Å². The third-order valence-corrected chi connectivity index (χ3v) is 3.26. The van der Waals surface area contributed by atoms with Crippen molar-refractivity contribution in [1.82, 2.24) is 15.0 Å². The van der Waals surface area contributed by atoms with Gasteiger partial charge < -0.3 is 5.11 Å². The predicted octanol–water partition coefficient (Wildman–Crippen LogP) is 2.76. The van der Waals surface area contributed by atoms with E-state index in [0.717, 1.165) is 42.8 Å². The summed E-state index contributed by atoms with van der Waals surface area (Å²) in [6.45, 7) is 1.96. The van der Waals surface area contributed by atoms with E-state index in [9.17, 15) is 4.79 Å². The number of aliphatic carboxylic acids is 1. The molecule has 0 atom stereocenters. The third kappa shape index (κ3) is 3.66. The van der Waals surface area contributed by atoms with Gasteiger partial charge in [0.15, 0.2) is 0 Å². The van der Waals surface area contributed by atoms with E-state index in [4.69, 9.17) is 5.11 Å². The van der Waals surface area contributed by atoms with Crippen LogP contribution in [0.2, 0.25) is 0 Å². The molecule has 0 spiro atoms. The van der Waals surface area contributed by atoms with Gasteiger partial charge in [-0.3, -0.25) is 4.79 Å². The first-order chi connectivity index (χ1) is 9.68. The molecule has 0 aliphatic rings. The number of carboxylic acids is 1. The zero-order chi connectivity index (χ0) is 14.4. The summed E-state index contributed by atoms with van der Waals surface area (Å²) in [5.74, 6) is -0.725. The fourth-order valence-electron chi connectivity index (χ4n) is 2.19. The smallest absolute Gasteiger partial charge is 0.303 e. The summed E-state index contributed by atoms with van der Waals surface area (Å²) >= 11 is 0. The summed E-state index contributed by atoms with van der Waals surface area (Å²) in [6, 6.07) is 9.93. The van der Waals surface area contributed by atoms with E-state index in [1.54, 1.807) is 0 Å². The molecule has 0 unspecified atom stereocenters. The van der Waals surface area contributed by atoms with Crippen molar-refractivity contribution >= 4 is 5.97 Å². The van der Waals surface area contributed by atoms with Gasteiger partial charge in [0.25, 0.3) is 0 Å². The van der Waals surface area contributed by atoms with Crippen LogP contribution in [0.5, 0.6) is 0 Å². The van der Waals surface area contributed by atoms with Crippen molar-refractivity contribution in [3.8, 4) is 5.69 Å². The molecule has 0 aliphatic heterocycles. The number of carbonyl (C=O) groups is 1. The fourth-order valence-corrected chi connectivity index (χ4v) is 2.19. The molecule has 0 amide bonds. The highest BCUT2D eigenvalue weighted by Crippen LogP contribution is 2.15. The Labute approximate surface area is 118 Å². The van der Waals surface area contributed by atoms with Crippen LogP contribution < -0.4 is 0 Å². The van der Waals surface area contributed by atoms with Gasteiger partial charge in [0.2, 0.25) is 0 Å². The molecule has 0 bridgehead atoms. The summed E-state index contributed by atoms with van der Waals surface area (Å²) in [5, 5.41) is 16.9. The lowest BCUT2D eigenvalue weighted by Gasteiger charge is -2.06. The fraction of sp³-hybridized carbons (Fsp3) is 0.400. The number of rotatable bonds is 7. The van der Waals surface area contributed by atoms with E-state index in [0.29, 0.717) is 0 Å². The maximum absolute atomic E-state index is 10.5. The summed E-state index contributed by atoms with van der Waals surface area (Å²) in [5.41, 5.74) is 3.05. The summed E-state index contributed by atoms with van der Waals surface area (Å²) < 4.78 is 1.87. The maximum atomic E-state index is 10.5.